The first-order valence-corrected chi connectivity index (χ1v) is 6.72. The third-order valence-electron chi connectivity index (χ3n) is 2.89. The highest BCUT2D eigenvalue weighted by molar-refractivity contribution is 9.10. The van der Waals surface area contributed by atoms with Crippen LogP contribution >= 0.6 is 15.9 Å². The molecule has 18 heavy (non-hydrogen) atoms. The molecule has 2 rings (SSSR count). The van der Waals surface area contributed by atoms with Crippen molar-refractivity contribution in [1.29, 1.82) is 0 Å². The summed E-state index contributed by atoms with van der Waals surface area (Å²) in [6, 6.07) is 15.8. The minimum Gasteiger partial charge on any atom is -0.508 e. The lowest BCUT2D eigenvalue weighted by Gasteiger charge is -2.16. The van der Waals surface area contributed by atoms with E-state index in [0.717, 1.165) is 16.6 Å². The number of nitrogens with one attached hydrogen (secondary N) is 1. The highest BCUT2D eigenvalue weighted by atomic mass is 79.9. The Morgan fingerprint density at radius 1 is 1.17 bits per heavy atom. The van der Waals surface area contributed by atoms with Crippen molar-refractivity contribution < 1.29 is 5.11 Å². The van der Waals surface area contributed by atoms with Crippen molar-refractivity contribution in [3.05, 3.63) is 64.1 Å². The van der Waals surface area contributed by atoms with Gasteiger partial charge in [0, 0.05) is 17.1 Å². The zero-order chi connectivity index (χ0) is 13.0. The summed E-state index contributed by atoms with van der Waals surface area (Å²) in [6.07, 6.45) is 0. The third-order valence-corrected chi connectivity index (χ3v) is 3.62. The first-order valence-electron chi connectivity index (χ1n) is 5.92. The molecule has 0 aromatic heterocycles. The Kier molecular flexibility index (Phi) is 4.39. The van der Waals surface area contributed by atoms with Crippen molar-refractivity contribution >= 4 is 15.9 Å². The van der Waals surface area contributed by atoms with Crippen LogP contribution in [0.3, 0.4) is 0 Å². The van der Waals surface area contributed by atoms with Gasteiger partial charge in [-0.3, -0.25) is 0 Å². The van der Waals surface area contributed by atoms with Crippen molar-refractivity contribution in [1.82, 2.24) is 5.32 Å². The number of hydrogen-bond acceptors (Lipinski definition) is 2. The van der Waals surface area contributed by atoms with Gasteiger partial charge in [-0.1, -0.05) is 46.3 Å². The van der Waals surface area contributed by atoms with Gasteiger partial charge < -0.3 is 10.4 Å². The maximum atomic E-state index is 9.40. The monoisotopic (exact) mass is 305 g/mol. The molecule has 0 fully saturated rings. The molecular weight excluding hydrogens is 290 g/mol. The number of hydrogen-bond donors (Lipinski definition) is 2. The van der Waals surface area contributed by atoms with E-state index in [2.05, 4.69) is 34.2 Å². The fourth-order valence-corrected chi connectivity index (χ4v) is 2.50. The Balaban J connectivity index is 2.00. The molecule has 0 amide bonds. The Morgan fingerprint density at radius 2 is 1.94 bits per heavy atom. The number of aromatic hydroxyl groups is 1. The zero-order valence-corrected chi connectivity index (χ0v) is 11.8. The largest absolute Gasteiger partial charge is 0.508 e. The van der Waals surface area contributed by atoms with Crippen molar-refractivity contribution in [3.8, 4) is 5.75 Å². The van der Waals surface area contributed by atoms with Gasteiger partial charge >= 0.3 is 0 Å². The molecule has 2 N–H and O–H groups in total. The molecule has 0 heterocycles. The van der Waals surface area contributed by atoms with Gasteiger partial charge in [-0.15, -0.1) is 0 Å². The van der Waals surface area contributed by atoms with Gasteiger partial charge in [0.05, 0.1) is 0 Å². The maximum absolute atomic E-state index is 9.40. The third kappa shape index (κ3) is 3.34. The Labute approximate surface area is 116 Å². The van der Waals surface area contributed by atoms with Gasteiger partial charge in [-0.05, 0) is 36.2 Å². The normalized spacial score (nSPS) is 12.3. The van der Waals surface area contributed by atoms with Crippen LogP contribution in [0.5, 0.6) is 5.75 Å². The molecule has 0 saturated carbocycles. The second-order valence-electron chi connectivity index (χ2n) is 4.29. The lowest BCUT2D eigenvalue weighted by atomic mass is 10.1. The Bertz CT molecular complexity index is 527. The molecule has 0 bridgehead atoms. The summed E-state index contributed by atoms with van der Waals surface area (Å²) >= 11 is 3.55. The molecule has 0 radical (unpaired) electrons. The smallest absolute Gasteiger partial charge is 0.115 e. The number of phenols is 1. The minimum absolute atomic E-state index is 0.253. The second kappa shape index (κ2) is 6.03. The van der Waals surface area contributed by atoms with E-state index in [0.29, 0.717) is 5.75 Å². The lowest BCUT2D eigenvalue weighted by Crippen LogP contribution is -2.18. The SMILES string of the molecule is C[C@H](NCc1cccc(O)c1)c1ccccc1Br. The Hall–Kier alpha value is -1.32. The van der Waals surface area contributed by atoms with Gasteiger partial charge in [0.15, 0.2) is 0 Å². The number of rotatable bonds is 4. The molecule has 0 aliphatic heterocycles. The van der Waals surface area contributed by atoms with Gasteiger partial charge in [-0.2, -0.15) is 0 Å². The molecule has 1 atom stereocenters. The van der Waals surface area contributed by atoms with E-state index in [4.69, 9.17) is 0 Å². The van der Waals surface area contributed by atoms with Crippen LogP contribution in [0.15, 0.2) is 53.0 Å². The summed E-state index contributed by atoms with van der Waals surface area (Å²) in [5.74, 6) is 0.308. The number of phenolic OH excluding ortho intramolecular Hbond substituents is 1. The quantitative estimate of drug-likeness (QED) is 0.894. The van der Waals surface area contributed by atoms with Crippen molar-refractivity contribution in [2.75, 3.05) is 0 Å². The van der Waals surface area contributed by atoms with E-state index in [-0.39, 0.29) is 6.04 Å². The summed E-state index contributed by atoms with van der Waals surface area (Å²) in [4.78, 5) is 0. The molecule has 0 unspecified atom stereocenters. The second-order valence-corrected chi connectivity index (χ2v) is 5.15. The van der Waals surface area contributed by atoms with Gasteiger partial charge in [0.2, 0.25) is 0 Å². The molecule has 0 saturated heterocycles. The topological polar surface area (TPSA) is 32.3 Å². The van der Waals surface area contributed by atoms with Crippen LogP contribution in [0, 0.1) is 0 Å². The molecule has 94 valence electrons. The van der Waals surface area contributed by atoms with Crippen LogP contribution < -0.4 is 5.32 Å². The van der Waals surface area contributed by atoms with Crippen molar-refractivity contribution in [2.24, 2.45) is 0 Å². The van der Waals surface area contributed by atoms with Crippen LogP contribution in [-0.2, 0) is 6.54 Å². The van der Waals surface area contributed by atoms with Crippen LogP contribution in [0.1, 0.15) is 24.1 Å². The summed E-state index contributed by atoms with van der Waals surface area (Å²) in [7, 11) is 0. The van der Waals surface area contributed by atoms with Crippen LogP contribution in [0.4, 0.5) is 0 Å². The van der Waals surface area contributed by atoms with Crippen LogP contribution in [0.25, 0.3) is 0 Å². The maximum Gasteiger partial charge on any atom is 0.115 e. The fraction of sp³-hybridized carbons (Fsp3) is 0.200. The first-order chi connectivity index (χ1) is 8.66. The molecule has 0 aliphatic carbocycles. The zero-order valence-electron chi connectivity index (χ0n) is 10.2. The molecular formula is C15H16BrNO. The van der Waals surface area contributed by atoms with Gasteiger partial charge in [-0.25, -0.2) is 0 Å². The van der Waals surface area contributed by atoms with E-state index in [9.17, 15) is 5.11 Å². The van der Waals surface area contributed by atoms with E-state index in [1.165, 1.54) is 5.56 Å². The minimum atomic E-state index is 0.253. The standard InChI is InChI=1S/C15H16BrNO/c1-11(14-7-2-3-8-15(14)16)17-10-12-5-4-6-13(18)9-12/h2-9,11,17-18H,10H2,1H3/t11-/m0/s1. The summed E-state index contributed by atoms with van der Waals surface area (Å²) in [5.41, 5.74) is 2.31. The van der Waals surface area contributed by atoms with Gasteiger partial charge in [0.25, 0.3) is 0 Å². The van der Waals surface area contributed by atoms with Crippen LogP contribution in [0.2, 0.25) is 0 Å². The summed E-state index contributed by atoms with van der Waals surface area (Å²) in [5, 5.41) is 12.8. The number of halogens is 1. The lowest BCUT2D eigenvalue weighted by molar-refractivity contribution is 0.473. The highest BCUT2D eigenvalue weighted by Crippen LogP contribution is 2.23. The average Bonchev–Trinajstić information content (AvgIpc) is 2.37. The van der Waals surface area contributed by atoms with Crippen molar-refractivity contribution in [3.63, 3.8) is 0 Å². The molecule has 0 aliphatic rings. The highest BCUT2D eigenvalue weighted by Gasteiger charge is 2.07. The predicted octanol–water partition coefficient (Wildman–Crippen LogP) is 4.01. The summed E-state index contributed by atoms with van der Waals surface area (Å²) < 4.78 is 1.11. The fourth-order valence-electron chi connectivity index (χ4n) is 1.87. The average molecular weight is 306 g/mol. The van der Waals surface area contributed by atoms with E-state index < -0.39 is 0 Å². The van der Waals surface area contributed by atoms with E-state index >= 15 is 0 Å². The molecule has 2 aromatic rings. The molecule has 0 spiro atoms. The molecule has 2 nitrogen and oxygen atoms in total. The molecule has 3 heteroatoms. The van der Waals surface area contributed by atoms with Crippen LogP contribution in [-0.4, -0.2) is 5.11 Å². The van der Waals surface area contributed by atoms with E-state index in [1.807, 2.05) is 30.3 Å². The predicted molar refractivity (Wildman–Crippen MR) is 77.5 cm³/mol. The molecule has 2 aromatic carbocycles. The van der Waals surface area contributed by atoms with Gasteiger partial charge in [0.1, 0.15) is 5.75 Å². The first kappa shape index (κ1) is 13.1. The Morgan fingerprint density at radius 3 is 2.67 bits per heavy atom. The summed E-state index contributed by atoms with van der Waals surface area (Å²) in [6.45, 7) is 2.86. The number of benzene rings is 2. The van der Waals surface area contributed by atoms with Crippen molar-refractivity contribution in [2.45, 2.75) is 19.5 Å². The van der Waals surface area contributed by atoms with E-state index in [1.54, 1.807) is 12.1 Å².